The summed E-state index contributed by atoms with van der Waals surface area (Å²) < 4.78 is 240. The van der Waals surface area contributed by atoms with Crippen molar-refractivity contribution in [2.45, 2.75) is 47.0 Å². The number of hydrazone groups is 2. The van der Waals surface area contributed by atoms with Crippen molar-refractivity contribution in [1.82, 2.24) is 0 Å². The van der Waals surface area contributed by atoms with Gasteiger partial charge in [-0.05, 0) is 45.5 Å². The Morgan fingerprint density at radius 3 is 1.11 bits per heavy atom. The number of carbonyl (C=O) groups is 2. The number of halogens is 12. The van der Waals surface area contributed by atoms with Gasteiger partial charge in [-0.15, -0.1) is 0 Å². The normalized spacial score (nSPS) is 22.1. The average molecular weight is 985 g/mol. The van der Waals surface area contributed by atoms with Crippen molar-refractivity contribution in [3.63, 3.8) is 0 Å². The molecule has 2 unspecified atom stereocenters. The van der Waals surface area contributed by atoms with Gasteiger partial charge >= 0.3 is 36.5 Å². The lowest BCUT2D eigenvalue weighted by atomic mass is 9.73. The lowest BCUT2D eigenvalue weighted by molar-refractivity contribution is -0.169. The largest absolute Gasteiger partial charge is 0.473 e. The number of hydrogen-bond donors (Lipinski definition) is 4. The number of alkyl halides is 12. The molecule has 28 heteroatoms. The molecule has 2 amide bonds. The minimum absolute atomic E-state index is 0.115. The van der Waals surface area contributed by atoms with Crippen LogP contribution in [0.15, 0.2) is 105 Å². The maximum absolute atomic E-state index is 15.2. The molecule has 0 fully saturated rings. The SMILES string of the molecule is N/N=C1/CC(c2ccc(-c3ccc(C4(S(=O)(=O)O)C/C(=N\N)C(=NC(=O)C(F)(F)F)c5ccccc54)c(C(F)(F)F)c3)cc2C(F)(F)F)(S(=O)(=O)O)c2ccccc2C1=NC(=O)C(F)(F)F. The predicted octanol–water partition coefficient (Wildman–Crippen LogP) is 6.85. The lowest BCUT2D eigenvalue weighted by Gasteiger charge is -2.39. The summed E-state index contributed by atoms with van der Waals surface area (Å²) in [4.78, 5) is 29.7. The topological polar surface area (TPSA) is 244 Å². The minimum atomic E-state index is -5.98. The van der Waals surface area contributed by atoms with Crippen LogP contribution in [0.2, 0.25) is 0 Å². The van der Waals surface area contributed by atoms with Gasteiger partial charge in [-0.1, -0.05) is 72.8 Å². The first-order valence-electron chi connectivity index (χ1n) is 17.8. The first-order valence-corrected chi connectivity index (χ1v) is 20.6. The fourth-order valence-corrected chi connectivity index (χ4v) is 10.3. The summed E-state index contributed by atoms with van der Waals surface area (Å²) in [6.45, 7) is 0. The molecule has 6 rings (SSSR count). The summed E-state index contributed by atoms with van der Waals surface area (Å²) in [6, 6.07) is 9.53. The Morgan fingerprint density at radius 2 is 0.833 bits per heavy atom. The number of amides is 2. The maximum Gasteiger partial charge on any atom is 0.473 e. The number of nitrogens with two attached hydrogens (primary N) is 2. The standard InChI is InChI=1S/C38H24F12N6O8S2/c39-35(40,41)25-13-17(9-11-23(25)33(65(59,60)61)15-27(55-51)29(53-31(57)37(45,46)47)19-5-1-3-7-21(19)33)18-10-12-24(26(14-18)36(42,43)44)34(66(62,63)64)16-28(56-52)30(54-32(58)38(48,49)50)20-6-2-4-8-22(20)34/h1-14H,15-16,51-52H2,(H,59,60,61)(H,62,63,64)/b53-29?,54-30?,55-27-,56-28+. The van der Waals surface area contributed by atoms with Gasteiger partial charge in [-0.3, -0.25) is 18.7 Å². The van der Waals surface area contributed by atoms with Gasteiger partial charge in [0.15, 0.2) is 9.49 Å². The molecule has 350 valence electrons. The van der Waals surface area contributed by atoms with Gasteiger partial charge in [-0.25, -0.2) is 9.98 Å². The summed E-state index contributed by atoms with van der Waals surface area (Å²) in [5, 5.41) is 6.34. The maximum atomic E-state index is 15.2. The van der Waals surface area contributed by atoms with Crippen molar-refractivity contribution in [3.05, 3.63) is 129 Å². The Labute approximate surface area is 361 Å². The molecule has 6 N–H and O–H groups in total. The van der Waals surface area contributed by atoms with Crippen LogP contribution in [0.4, 0.5) is 52.7 Å². The summed E-state index contributed by atoms with van der Waals surface area (Å²) >= 11 is 0. The molecule has 66 heavy (non-hydrogen) atoms. The van der Waals surface area contributed by atoms with E-state index in [1.54, 1.807) is 0 Å². The molecule has 0 radical (unpaired) electrons. The van der Waals surface area contributed by atoms with Crippen LogP contribution in [0.3, 0.4) is 0 Å². The number of fused-ring (bicyclic) bond motifs is 2. The first kappa shape index (κ1) is 48.9. The van der Waals surface area contributed by atoms with Crippen LogP contribution in [0, 0.1) is 0 Å². The van der Waals surface area contributed by atoms with Crippen LogP contribution in [-0.2, 0) is 51.7 Å². The van der Waals surface area contributed by atoms with E-state index in [1.807, 2.05) is 0 Å². The van der Waals surface area contributed by atoms with Gasteiger partial charge in [0.1, 0.15) is 0 Å². The van der Waals surface area contributed by atoms with E-state index in [4.69, 9.17) is 11.7 Å². The van der Waals surface area contributed by atoms with Crippen molar-refractivity contribution >= 4 is 54.9 Å². The van der Waals surface area contributed by atoms with Crippen LogP contribution >= 0.6 is 0 Å². The lowest BCUT2D eigenvalue weighted by Crippen LogP contribution is -2.47. The van der Waals surface area contributed by atoms with E-state index in [0.29, 0.717) is 24.3 Å². The van der Waals surface area contributed by atoms with Gasteiger partial charge in [-0.2, -0.15) is 79.7 Å². The average Bonchev–Trinajstić information content (AvgIpc) is 3.21. The van der Waals surface area contributed by atoms with E-state index in [1.165, 1.54) is 0 Å². The summed E-state index contributed by atoms with van der Waals surface area (Å²) in [7, 11) is -12.0. The first-order chi connectivity index (χ1) is 30.3. The van der Waals surface area contributed by atoms with Crippen LogP contribution in [0.1, 0.15) is 57.3 Å². The number of nitrogens with zero attached hydrogens (tertiary/aromatic N) is 4. The highest BCUT2D eigenvalue weighted by Gasteiger charge is 2.58. The highest BCUT2D eigenvalue weighted by molar-refractivity contribution is 7.87. The molecule has 0 aromatic heterocycles. The van der Waals surface area contributed by atoms with Crippen molar-refractivity contribution in [1.29, 1.82) is 0 Å². The molecule has 0 spiro atoms. The highest BCUT2D eigenvalue weighted by Crippen LogP contribution is 2.53. The van der Waals surface area contributed by atoms with Crippen molar-refractivity contribution in [3.8, 4) is 11.1 Å². The summed E-state index contributed by atoms with van der Waals surface area (Å²) in [6.07, 6.45) is -25.7. The molecule has 0 saturated heterocycles. The van der Waals surface area contributed by atoms with Crippen LogP contribution in [0.5, 0.6) is 0 Å². The van der Waals surface area contributed by atoms with Crippen molar-refractivity contribution in [2.24, 2.45) is 31.9 Å². The zero-order chi connectivity index (χ0) is 49.4. The molecule has 4 aromatic carbocycles. The molecule has 14 nitrogen and oxygen atoms in total. The van der Waals surface area contributed by atoms with E-state index < -0.39 is 158 Å². The van der Waals surface area contributed by atoms with Gasteiger partial charge < -0.3 is 11.7 Å². The third-order valence-electron chi connectivity index (χ3n) is 10.6. The Balaban J connectivity index is 1.64. The molecular formula is C38H24F12N6O8S2. The Bertz CT molecular complexity index is 2870. The molecule has 0 saturated carbocycles. The summed E-state index contributed by atoms with van der Waals surface area (Å²) in [5.74, 6) is 5.13. The minimum Gasteiger partial charge on any atom is -0.323 e. The zero-order valence-electron chi connectivity index (χ0n) is 32.1. The highest BCUT2D eigenvalue weighted by atomic mass is 32.2. The van der Waals surface area contributed by atoms with Crippen LogP contribution < -0.4 is 11.7 Å². The van der Waals surface area contributed by atoms with E-state index in [9.17, 15) is 61.9 Å². The molecular weight excluding hydrogens is 961 g/mol. The molecule has 2 aliphatic carbocycles. The number of carbonyl (C=O) groups excluding carboxylic acids is 2. The zero-order valence-corrected chi connectivity index (χ0v) is 33.8. The molecule has 2 aliphatic rings. The van der Waals surface area contributed by atoms with E-state index in [2.05, 4.69) is 20.2 Å². The smallest absolute Gasteiger partial charge is 0.323 e. The third kappa shape index (κ3) is 8.21. The second-order valence-corrected chi connectivity index (χ2v) is 17.5. The number of benzene rings is 4. The third-order valence-corrected chi connectivity index (χ3v) is 13.5. The van der Waals surface area contributed by atoms with Crippen LogP contribution in [-0.4, -0.2) is 73.0 Å². The van der Waals surface area contributed by atoms with Gasteiger partial charge in [0.05, 0.1) is 34.0 Å². The van der Waals surface area contributed by atoms with Crippen molar-refractivity contribution in [2.75, 3.05) is 0 Å². The molecule has 0 heterocycles. The quantitative estimate of drug-likeness (QED) is 0.0702. The molecule has 0 aliphatic heterocycles. The van der Waals surface area contributed by atoms with Gasteiger partial charge in [0, 0.05) is 24.0 Å². The number of aliphatic imine (C=N–C) groups is 2. The Hall–Kier alpha value is -6.52. The molecule has 0 bridgehead atoms. The Kier molecular flexibility index (Phi) is 11.9. The number of hydrogen-bond acceptors (Lipinski definition) is 10. The Morgan fingerprint density at radius 1 is 0.515 bits per heavy atom. The second-order valence-electron chi connectivity index (χ2n) is 14.2. The predicted molar refractivity (Wildman–Crippen MR) is 207 cm³/mol. The fourth-order valence-electron chi connectivity index (χ4n) is 7.86. The van der Waals surface area contributed by atoms with Gasteiger partial charge in [0.2, 0.25) is 0 Å². The van der Waals surface area contributed by atoms with Gasteiger partial charge in [0.25, 0.3) is 20.2 Å². The fraction of sp³-hybridized carbons (Fsp3) is 0.211. The second kappa shape index (κ2) is 16.1. The van der Waals surface area contributed by atoms with E-state index >= 15 is 26.3 Å². The monoisotopic (exact) mass is 984 g/mol. The molecule has 2 atom stereocenters. The van der Waals surface area contributed by atoms with E-state index in [-0.39, 0.29) is 12.1 Å². The number of rotatable bonds is 5. The molecule has 4 aromatic rings. The van der Waals surface area contributed by atoms with Crippen LogP contribution in [0.25, 0.3) is 11.1 Å². The van der Waals surface area contributed by atoms with Crippen molar-refractivity contribution < 1.29 is 88.2 Å². The summed E-state index contributed by atoms with van der Waals surface area (Å²) in [5.41, 5.74) is -15.8. The van der Waals surface area contributed by atoms with E-state index in [0.717, 1.165) is 48.5 Å².